The van der Waals surface area contributed by atoms with Gasteiger partial charge in [0.25, 0.3) is 0 Å². The van der Waals surface area contributed by atoms with Crippen molar-refractivity contribution >= 4 is 0 Å². The highest BCUT2D eigenvalue weighted by molar-refractivity contribution is 4.83. The second-order valence-corrected chi connectivity index (χ2v) is 6.01. The smallest absolute Gasteiger partial charge is 0.0770 e. The maximum atomic E-state index is 6.18. The number of hydrogen-bond donors (Lipinski definition) is 1. The first-order valence-electron chi connectivity index (χ1n) is 6.07. The minimum atomic E-state index is 0.131. The molecule has 0 aliphatic heterocycles. The first-order chi connectivity index (χ1) is 6.79. The maximum absolute atomic E-state index is 6.18. The van der Waals surface area contributed by atoms with Crippen molar-refractivity contribution in [3.05, 3.63) is 0 Å². The molecule has 0 aromatic rings. The summed E-state index contributed by atoms with van der Waals surface area (Å²) in [7, 11) is 1.76. The second-order valence-electron chi connectivity index (χ2n) is 6.01. The van der Waals surface area contributed by atoms with E-state index in [1.54, 1.807) is 7.11 Å². The van der Waals surface area contributed by atoms with Gasteiger partial charge in [0.05, 0.1) is 6.10 Å². The lowest BCUT2D eigenvalue weighted by Crippen LogP contribution is -2.44. The van der Waals surface area contributed by atoms with E-state index >= 15 is 0 Å². The summed E-state index contributed by atoms with van der Waals surface area (Å²) in [6.07, 6.45) is 3.68. The van der Waals surface area contributed by atoms with Crippen molar-refractivity contribution in [3.63, 3.8) is 0 Å². The minimum absolute atomic E-state index is 0.131. The van der Waals surface area contributed by atoms with Crippen molar-refractivity contribution in [2.45, 2.75) is 66.0 Å². The van der Waals surface area contributed by atoms with Gasteiger partial charge in [-0.25, -0.2) is 0 Å². The predicted molar refractivity (Wildman–Crippen MR) is 66.9 cm³/mol. The van der Waals surface area contributed by atoms with Crippen LogP contribution in [0, 0.1) is 11.3 Å². The monoisotopic (exact) mass is 215 g/mol. The molecule has 0 radical (unpaired) electrons. The quantitative estimate of drug-likeness (QED) is 0.738. The Morgan fingerprint density at radius 2 is 1.67 bits per heavy atom. The van der Waals surface area contributed by atoms with Crippen molar-refractivity contribution in [2.24, 2.45) is 17.1 Å². The van der Waals surface area contributed by atoms with Crippen LogP contribution in [0.15, 0.2) is 0 Å². The molecule has 0 saturated carbocycles. The average molecular weight is 215 g/mol. The van der Waals surface area contributed by atoms with Crippen LogP contribution in [0.3, 0.4) is 0 Å². The van der Waals surface area contributed by atoms with Gasteiger partial charge in [-0.05, 0) is 17.8 Å². The Kier molecular flexibility index (Phi) is 6.46. The van der Waals surface area contributed by atoms with Gasteiger partial charge >= 0.3 is 0 Å². The Morgan fingerprint density at radius 1 is 1.13 bits per heavy atom. The first-order valence-corrected chi connectivity index (χ1v) is 6.07. The lowest BCUT2D eigenvalue weighted by Gasteiger charge is -2.34. The summed E-state index contributed by atoms with van der Waals surface area (Å²) in [5.74, 6) is 0.771. The van der Waals surface area contributed by atoms with Gasteiger partial charge < -0.3 is 10.5 Å². The Morgan fingerprint density at radius 3 is 2.00 bits per heavy atom. The van der Waals surface area contributed by atoms with Crippen molar-refractivity contribution < 1.29 is 4.74 Å². The third kappa shape index (κ3) is 6.16. The molecule has 0 aliphatic carbocycles. The van der Waals surface area contributed by atoms with Crippen LogP contribution in [0.25, 0.3) is 0 Å². The van der Waals surface area contributed by atoms with Crippen LogP contribution in [-0.4, -0.2) is 19.3 Å². The largest absolute Gasteiger partial charge is 0.379 e. The number of nitrogens with two attached hydrogens (primary N) is 1. The molecule has 0 aromatic heterocycles. The summed E-state index contributed by atoms with van der Waals surface area (Å²) >= 11 is 0. The third-order valence-corrected chi connectivity index (χ3v) is 2.82. The van der Waals surface area contributed by atoms with Gasteiger partial charge in [0.1, 0.15) is 0 Å². The summed E-state index contributed by atoms with van der Waals surface area (Å²) in [5, 5.41) is 0. The lowest BCUT2D eigenvalue weighted by atomic mass is 9.83. The van der Waals surface area contributed by atoms with E-state index in [-0.39, 0.29) is 17.6 Å². The zero-order valence-electron chi connectivity index (χ0n) is 11.3. The first kappa shape index (κ1) is 14.9. The van der Waals surface area contributed by atoms with E-state index < -0.39 is 0 Å². The lowest BCUT2D eigenvalue weighted by molar-refractivity contribution is -0.00420. The van der Waals surface area contributed by atoms with Crippen LogP contribution in [-0.2, 0) is 4.74 Å². The highest BCUT2D eigenvalue weighted by Crippen LogP contribution is 2.25. The van der Waals surface area contributed by atoms with Crippen LogP contribution in [0.5, 0.6) is 0 Å². The van der Waals surface area contributed by atoms with E-state index in [0.29, 0.717) is 0 Å². The molecule has 0 amide bonds. The molecule has 0 rings (SSSR count). The molecule has 2 heteroatoms. The van der Waals surface area contributed by atoms with Crippen molar-refractivity contribution in [2.75, 3.05) is 7.11 Å². The van der Waals surface area contributed by atoms with Gasteiger partial charge in [0.2, 0.25) is 0 Å². The molecule has 2 N–H and O–H groups in total. The maximum Gasteiger partial charge on any atom is 0.0770 e. The predicted octanol–water partition coefficient (Wildman–Crippen LogP) is 3.20. The average Bonchev–Trinajstić information content (AvgIpc) is 2.01. The topological polar surface area (TPSA) is 35.2 Å². The van der Waals surface area contributed by atoms with Crippen LogP contribution < -0.4 is 5.73 Å². The highest BCUT2D eigenvalue weighted by Gasteiger charge is 2.29. The molecule has 92 valence electrons. The zero-order chi connectivity index (χ0) is 12.1. The van der Waals surface area contributed by atoms with Crippen LogP contribution in [0.4, 0.5) is 0 Å². The Bertz CT molecular complexity index is 160. The molecule has 0 fully saturated rings. The van der Waals surface area contributed by atoms with Crippen LogP contribution in [0.1, 0.15) is 53.9 Å². The standard InChI is InChI=1S/C13H29NO/c1-10(2)8-7-9-11(14)12(15-6)13(3,4)5/h10-12H,7-9,14H2,1-6H3. The van der Waals surface area contributed by atoms with E-state index in [2.05, 4.69) is 34.6 Å². The summed E-state index contributed by atoms with van der Waals surface area (Å²) in [6, 6.07) is 0.161. The molecule has 2 nitrogen and oxygen atoms in total. The van der Waals surface area contributed by atoms with Crippen molar-refractivity contribution in [3.8, 4) is 0 Å². The summed E-state index contributed by atoms with van der Waals surface area (Å²) in [6.45, 7) is 11.1. The van der Waals surface area contributed by atoms with Crippen LogP contribution in [0.2, 0.25) is 0 Å². The van der Waals surface area contributed by atoms with Gasteiger partial charge in [-0.15, -0.1) is 0 Å². The van der Waals surface area contributed by atoms with Crippen molar-refractivity contribution in [1.82, 2.24) is 0 Å². The fraction of sp³-hybridized carbons (Fsp3) is 1.00. The Balaban J connectivity index is 4.00. The fourth-order valence-corrected chi connectivity index (χ4v) is 2.08. The number of rotatable bonds is 6. The fourth-order valence-electron chi connectivity index (χ4n) is 2.08. The Hall–Kier alpha value is -0.0800. The van der Waals surface area contributed by atoms with E-state index in [4.69, 9.17) is 10.5 Å². The van der Waals surface area contributed by atoms with E-state index in [9.17, 15) is 0 Å². The van der Waals surface area contributed by atoms with E-state index in [0.717, 1.165) is 12.3 Å². The third-order valence-electron chi connectivity index (χ3n) is 2.82. The molecule has 0 heterocycles. The number of methoxy groups -OCH3 is 1. The molecule has 2 unspecified atom stereocenters. The number of ether oxygens (including phenoxy) is 1. The molecule has 0 aliphatic rings. The molecular formula is C13H29NO. The van der Waals surface area contributed by atoms with E-state index in [1.807, 2.05) is 0 Å². The molecular weight excluding hydrogens is 186 g/mol. The Labute approximate surface area is 95.6 Å². The second kappa shape index (κ2) is 6.49. The highest BCUT2D eigenvalue weighted by atomic mass is 16.5. The molecule has 2 atom stereocenters. The molecule has 0 saturated heterocycles. The molecule has 0 spiro atoms. The minimum Gasteiger partial charge on any atom is -0.379 e. The number of hydrogen-bond acceptors (Lipinski definition) is 2. The zero-order valence-corrected chi connectivity index (χ0v) is 11.3. The van der Waals surface area contributed by atoms with Gasteiger partial charge in [-0.1, -0.05) is 47.5 Å². The molecule has 15 heavy (non-hydrogen) atoms. The SMILES string of the molecule is COC(C(N)CCCC(C)C)C(C)(C)C. The van der Waals surface area contributed by atoms with Gasteiger partial charge in [-0.2, -0.15) is 0 Å². The summed E-state index contributed by atoms with van der Waals surface area (Å²) in [5.41, 5.74) is 6.31. The van der Waals surface area contributed by atoms with E-state index in [1.165, 1.54) is 12.8 Å². The van der Waals surface area contributed by atoms with Crippen molar-refractivity contribution in [1.29, 1.82) is 0 Å². The molecule has 0 aromatic carbocycles. The van der Waals surface area contributed by atoms with Gasteiger partial charge in [0.15, 0.2) is 0 Å². The van der Waals surface area contributed by atoms with Gasteiger partial charge in [-0.3, -0.25) is 0 Å². The van der Waals surface area contributed by atoms with Gasteiger partial charge in [0, 0.05) is 13.2 Å². The normalized spacial score (nSPS) is 16.8. The molecule has 0 bridgehead atoms. The summed E-state index contributed by atoms with van der Waals surface area (Å²) < 4.78 is 5.51. The van der Waals surface area contributed by atoms with Crippen LogP contribution >= 0.6 is 0 Å². The summed E-state index contributed by atoms with van der Waals surface area (Å²) in [4.78, 5) is 0.